The van der Waals surface area contributed by atoms with Crippen LogP contribution >= 0.6 is 0 Å². The molecule has 1 aliphatic heterocycles. The van der Waals surface area contributed by atoms with Crippen LogP contribution < -0.4 is 10.5 Å². The van der Waals surface area contributed by atoms with Crippen molar-refractivity contribution in [2.75, 3.05) is 13.1 Å². The highest BCUT2D eigenvalue weighted by Gasteiger charge is 2.26. The maximum atomic E-state index is 12.7. The fourth-order valence-corrected chi connectivity index (χ4v) is 2.84. The zero-order valence-corrected chi connectivity index (χ0v) is 13.4. The Morgan fingerprint density at radius 2 is 1.96 bits per heavy atom. The molecular formula is C19H22N2O2. The number of ether oxygens (including phenoxy) is 1. The molecule has 1 atom stereocenters. The number of amides is 1. The van der Waals surface area contributed by atoms with Crippen LogP contribution in [0.15, 0.2) is 48.5 Å². The zero-order chi connectivity index (χ0) is 16.2. The molecule has 0 unspecified atom stereocenters. The molecule has 2 N–H and O–H groups in total. The van der Waals surface area contributed by atoms with Gasteiger partial charge >= 0.3 is 0 Å². The summed E-state index contributed by atoms with van der Waals surface area (Å²) in [6.45, 7) is 3.84. The maximum absolute atomic E-state index is 12.7. The molecule has 0 aliphatic carbocycles. The summed E-state index contributed by atoms with van der Waals surface area (Å²) in [5.74, 6) is 0.625. The van der Waals surface area contributed by atoms with Crippen LogP contribution in [0, 0.1) is 6.92 Å². The summed E-state index contributed by atoms with van der Waals surface area (Å²) in [4.78, 5) is 14.5. The van der Waals surface area contributed by atoms with Crippen LogP contribution in [0.2, 0.25) is 0 Å². The molecule has 0 bridgehead atoms. The van der Waals surface area contributed by atoms with E-state index in [-0.39, 0.29) is 11.9 Å². The van der Waals surface area contributed by atoms with E-state index in [1.165, 1.54) is 5.56 Å². The summed E-state index contributed by atoms with van der Waals surface area (Å²) in [5, 5.41) is 0. The number of rotatable bonds is 4. The van der Waals surface area contributed by atoms with Gasteiger partial charge in [-0.15, -0.1) is 0 Å². The third-order valence-electron chi connectivity index (χ3n) is 4.27. The van der Waals surface area contributed by atoms with Crippen molar-refractivity contribution in [3.05, 3.63) is 65.2 Å². The van der Waals surface area contributed by atoms with Crippen LogP contribution in [0.25, 0.3) is 0 Å². The van der Waals surface area contributed by atoms with Gasteiger partial charge in [0.15, 0.2) is 0 Å². The number of carbonyl (C=O) groups excluding carboxylic acids is 1. The van der Waals surface area contributed by atoms with Crippen molar-refractivity contribution in [2.24, 2.45) is 5.73 Å². The molecule has 0 saturated carbocycles. The van der Waals surface area contributed by atoms with Crippen LogP contribution in [0.4, 0.5) is 0 Å². The lowest BCUT2D eigenvalue weighted by atomic mass is 10.1. The van der Waals surface area contributed by atoms with E-state index in [1.54, 1.807) is 4.90 Å². The SMILES string of the molecule is Cc1ccccc1COc1ccccc1C(=O)N1CC[C@H](N)C1. The highest BCUT2D eigenvalue weighted by molar-refractivity contribution is 5.97. The number of benzene rings is 2. The number of aryl methyl sites for hydroxylation is 1. The minimum atomic E-state index is -0.00154. The molecular weight excluding hydrogens is 288 g/mol. The Kier molecular flexibility index (Phi) is 4.63. The predicted octanol–water partition coefficient (Wildman–Crippen LogP) is 2.75. The summed E-state index contributed by atoms with van der Waals surface area (Å²) < 4.78 is 5.93. The van der Waals surface area contributed by atoms with E-state index in [4.69, 9.17) is 10.5 Å². The van der Waals surface area contributed by atoms with Gasteiger partial charge in [-0.25, -0.2) is 0 Å². The average molecular weight is 310 g/mol. The minimum absolute atomic E-state index is 0.00154. The number of carbonyl (C=O) groups is 1. The zero-order valence-electron chi connectivity index (χ0n) is 13.4. The second-order valence-electron chi connectivity index (χ2n) is 6.01. The third kappa shape index (κ3) is 3.54. The standard InChI is InChI=1S/C19H22N2O2/c1-14-6-2-3-7-15(14)13-23-18-9-5-4-8-17(18)19(22)21-11-10-16(20)12-21/h2-9,16H,10-13,20H2,1H3/t16-/m0/s1. The van der Waals surface area contributed by atoms with Gasteiger partial charge in [0.1, 0.15) is 12.4 Å². The van der Waals surface area contributed by atoms with E-state index < -0.39 is 0 Å². The van der Waals surface area contributed by atoms with Crippen LogP contribution in [0.1, 0.15) is 27.9 Å². The molecule has 2 aromatic carbocycles. The molecule has 0 aromatic heterocycles. The predicted molar refractivity (Wildman–Crippen MR) is 90.4 cm³/mol. The molecule has 1 aliphatic rings. The smallest absolute Gasteiger partial charge is 0.257 e. The number of para-hydroxylation sites is 1. The fourth-order valence-electron chi connectivity index (χ4n) is 2.84. The van der Waals surface area contributed by atoms with E-state index in [9.17, 15) is 4.79 Å². The Balaban J connectivity index is 1.75. The molecule has 120 valence electrons. The number of likely N-dealkylation sites (tertiary alicyclic amines) is 1. The number of hydrogen-bond acceptors (Lipinski definition) is 3. The number of nitrogens with zero attached hydrogens (tertiary/aromatic N) is 1. The molecule has 4 heteroatoms. The van der Waals surface area contributed by atoms with Crippen LogP contribution in [0.3, 0.4) is 0 Å². The topological polar surface area (TPSA) is 55.6 Å². The molecule has 4 nitrogen and oxygen atoms in total. The van der Waals surface area contributed by atoms with E-state index in [0.717, 1.165) is 12.0 Å². The van der Waals surface area contributed by atoms with Crippen molar-refractivity contribution in [2.45, 2.75) is 26.0 Å². The highest BCUT2D eigenvalue weighted by Crippen LogP contribution is 2.23. The Morgan fingerprint density at radius 3 is 2.70 bits per heavy atom. The van der Waals surface area contributed by atoms with Gasteiger partial charge in [0.05, 0.1) is 5.56 Å². The Hall–Kier alpha value is -2.33. The molecule has 2 aromatic rings. The summed E-state index contributed by atoms with van der Waals surface area (Å²) in [6.07, 6.45) is 0.859. The van der Waals surface area contributed by atoms with Crippen molar-refractivity contribution in [1.82, 2.24) is 4.90 Å². The van der Waals surface area contributed by atoms with Gasteiger partial charge in [-0.05, 0) is 36.6 Å². The van der Waals surface area contributed by atoms with E-state index in [0.29, 0.717) is 31.0 Å². The van der Waals surface area contributed by atoms with Gasteiger partial charge in [0.25, 0.3) is 5.91 Å². The summed E-state index contributed by atoms with van der Waals surface area (Å²) >= 11 is 0. The molecule has 0 spiro atoms. The van der Waals surface area contributed by atoms with E-state index >= 15 is 0 Å². The van der Waals surface area contributed by atoms with E-state index in [2.05, 4.69) is 13.0 Å². The molecule has 1 heterocycles. The summed E-state index contributed by atoms with van der Waals surface area (Å²) in [5.41, 5.74) is 8.82. The Bertz CT molecular complexity index is 699. The first-order valence-corrected chi connectivity index (χ1v) is 7.96. The van der Waals surface area contributed by atoms with Crippen LogP contribution in [-0.4, -0.2) is 29.9 Å². The van der Waals surface area contributed by atoms with Crippen molar-refractivity contribution in [3.63, 3.8) is 0 Å². The van der Waals surface area contributed by atoms with Gasteiger partial charge in [-0.3, -0.25) is 4.79 Å². The quantitative estimate of drug-likeness (QED) is 0.944. The highest BCUT2D eigenvalue weighted by atomic mass is 16.5. The first-order valence-electron chi connectivity index (χ1n) is 7.96. The molecule has 1 saturated heterocycles. The van der Waals surface area contributed by atoms with Gasteiger partial charge < -0.3 is 15.4 Å². The van der Waals surface area contributed by atoms with Crippen LogP contribution in [0.5, 0.6) is 5.75 Å². The van der Waals surface area contributed by atoms with Gasteiger partial charge in [-0.1, -0.05) is 36.4 Å². The van der Waals surface area contributed by atoms with Gasteiger partial charge in [0.2, 0.25) is 0 Å². The molecule has 0 radical (unpaired) electrons. The Labute approximate surface area is 136 Å². The van der Waals surface area contributed by atoms with Crippen molar-refractivity contribution < 1.29 is 9.53 Å². The monoisotopic (exact) mass is 310 g/mol. The molecule has 1 fully saturated rings. The largest absolute Gasteiger partial charge is 0.488 e. The first-order chi connectivity index (χ1) is 11.1. The van der Waals surface area contributed by atoms with Crippen LogP contribution in [-0.2, 0) is 6.61 Å². The normalized spacial score (nSPS) is 17.3. The van der Waals surface area contributed by atoms with Gasteiger partial charge in [0, 0.05) is 19.1 Å². The molecule has 3 rings (SSSR count). The Morgan fingerprint density at radius 1 is 1.22 bits per heavy atom. The molecule has 23 heavy (non-hydrogen) atoms. The summed E-state index contributed by atoms with van der Waals surface area (Å²) in [6, 6.07) is 15.6. The third-order valence-corrected chi connectivity index (χ3v) is 4.27. The minimum Gasteiger partial charge on any atom is -0.488 e. The average Bonchev–Trinajstić information content (AvgIpc) is 3.00. The number of nitrogens with two attached hydrogens (primary N) is 1. The number of hydrogen-bond donors (Lipinski definition) is 1. The molecule has 1 amide bonds. The lowest BCUT2D eigenvalue weighted by molar-refractivity contribution is 0.0786. The first kappa shape index (κ1) is 15.6. The van der Waals surface area contributed by atoms with Crippen molar-refractivity contribution in [1.29, 1.82) is 0 Å². The second kappa shape index (κ2) is 6.84. The van der Waals surface area contributed by atoms with Crippen molar-refractivity contribution in [3.8, 4) is 5.75 Å². The second-order valence-corrected chi connectivity index (χ2v) is 6.01. The lowest BCUT2D eigenvalue weighted by Gasteiger charge is -2.18. The van der Waals surface area contributed by atoms with Crippen molar-refractivity contribution >= 4 is 5.91 Å². The van der Waals surface area contributed by atoms with Gasteiger partial charge in [-0.2, -0.15) is 0 Å². The fraction of sp³-hybridized carbons (Fsp3) is 0.316. The summed E-state index contributed by atoms with van der Waals surface area (Å²) in [7, 11) is 0. The van der Waals surface area contributed by atoms with E-state index in [1.807, 2.05) is 42.5 Å². The lowest BCUT2D eigenvalue weighted by Crippen LogP contribution is -2.32. The maximum Gasteiger partial charge on any atom is 0.257 e.